The Labute approximate surface area is 226 Å². The molecule has 0 saturated heterocycles. The Kier molecular flexibility index (Phi) is 7.99. The number of hydrogen-bond acceptors (Lipinski definition) is 9. The summed E-state index contributed by atoms with van der Waals surface area (Å²) < 4.78 is 0. The number of carbonyl (C=O) groups is 3. The van der Waals surface area contributed by atoms with E-state index in [0.717, 1.165) is 11.3 Å². The van der Waals surface area contributed by atoms with Gasteiger partial charge in [-0.1, -0.05) is 6.07 Å². The molecule has 8 N–H and O–H groups in total. The fraction of sp³-hybridized carbons (Fsp3) is 0.464. The lowest BCUT2D eigenvalue weighted by atomic mass is 9.59. The molecule has 2 aromatic rings. The minimum Gasteiger partial charge on any atom is -0.507 e. The van der Waals surface area contributed by atoms with Gasteiger partial charge in [0.15, 0.2) is 11.4 Å². The predicted molar refractivity (Wildman–Crippen MR) is 142 cm³/mol. The molecule has 0 radical (unpaired) electrons. The van der Waals surface area contributed by atoms with Crippen molar-refractivity contribution in [3.05, 3.63) is 58.4 Å². The van der Waals surface area contributed by atoms with Crippen LogP contribution < -0.4 is 11.1 Å². The molecule has 1 aromatic carbocycles. The van der Waals surface area contributed by atoms with Crippen LogP contribution in [0, 0.1) is 17.8 Å². The molecule has 5 atom stereocenters. The van der Waals surface area contributed by atoms with Gasteiger partial charge in [0.1, 0.15) is 11.5 Å². The van der Waals surface area contributed by atoms with Gasteiger partial charge in [0.2, 0.25) is 11.7 Å². The first kappa shape index (κ1) is 28.5. The monoisotopic (exact) mass is 540 g/mol. The van der Waals surface area contributed by atoms with Gasteiger partial charge in [0.05, 0.1) is 18.1 Å². The Bertz CT molecular complexity index is 1300. The van der Waals surface area contributed by atoms with Gasteiger partial charge in [0, 0.05) is 42.5 Å². The molecule has 1 fully saturated rings. The summed E-state index contributed by atoms with van der Waals surface area (Å²) in [7, 11) is 3.30. The van der Waals surface area contributed by atoms with E-state index >= 15 is 0 Å². The Morgan fingerprint density at radius 2 is 1.95 bits per heavy atom. The lowest BCUT2D eigenvalue weighted by Crippen LogP contribution is -2.65. The number of phenolic OH excluding ortho intramolecular Hbond substituents is 1. The second-order valence-corrected chi connectivity index (χ2v) is 10.7. The molecule has 1 heterocycles. The van der Waals surface area contributed by atoms with Crippen LogP contribution in [0.15, 0.2) is 36.0 Å². The average molecular weight is 541 g/mol. The summed E-state index contributed by atoms with van der Waals surface area (Å²) in [5.41, 5.74) is 4.99. The number of aliphatic hydroxyl groups is 3. The van der Waals surface area contributed by atoms with Gasteiger partial charge in [-0.15, -0.1) is 0 Å². The first-order chi connectivity index (χ1) is 18.4. The second kappa shape index (κ2) is 10.9. The zero-order chi connectivity index (χ0) is 28.6. The molecule has 0 spiro atoms. The van der Waals surface area contributed by atoms with Crippen molar-refractivity contribution in [2.75, 3.05) is 20.7 Å². The number of nitrogens with zero attached hydrogens (tertiary/aromatic N) is 1. The first-order valence-corrected chi connectivity index (χ1v) is 12.9. The number of phenols is 1. The van der Waals surface area contributed by atoms with Crippen LogP contribution in [0.5, 0.6) is 5.75 Å². The standard InChI is InChI=1S/C28H36N4O7/c1-14(27(29)38)25(36)28(39)19(20(13-33)32(2)3)10-16-9-18-15(11-30-12-17-5-4-8-31-17)6-7-21(34)23(18)24(35)22(16)26(28)37/h4-8,14,16,19-20,30-31,33-35,39H,9-13H2,1-3H3,(H2,29,38)/t14?,16-,19-,20+,28+/m0/s1. The summed E-state index contributed by atoms with van der Waals surface area (Å²) in [6, 6.07) is 6.21. The minimum absolute atomic E-state index is 0.0622. The molecule has 1 saturated carbocycles. The van der Waals surface area contributed by atoms with Crippen LogP contribution in [0.3, 0.4) is 0 Å². The maximum atomic E-state index is 14.0. The minimum atomic E-state index is -2.71. The fourth-order valence-electron chi connectivity index (χ4n) is 6.01. The van der Waals surface area contributed by atoms with E-state index in [-0.39, 0.29) is 29.7 Å². The number of fused-ring (bicyclic) bond motifs is 2. The van der Waals surface area contributed by atoms with E-state index in [4.69, 9.17) is 5.73 Å². The van der Waals surface area contributed by atoms with E-state index in [0.29, 0.717) is 18.7 Å². The highest BCUT2D eigenvalue weighted by atomic mass is 16.3. The zero-order valence-corrected chi connectivity index (χ0v) is 22.3. The number of aromatic nitrogens is 1. The summed E-state index contributed by atoms with van der Waals surface area (Å²) in [6.45, 7) is 1.73. The summed E-state index contributed by atoms with van der Waals surface area (Å²) in [6.07, 6.45) is 2.14. The Hall–Kier alpha value is -3.51. The molecule has 210 valence electrons. The Morgan fingerprint density at radius 1 is 1.23 bits per heavy atom. The average Bonchev–Trinajstić information content (AvgIpc) is 3.40. The molecule has 1 unspecified atom stereocenters. The third-order valence-corrected chi connectivity index (χ3v) is 8.21. The Morgan fingerprint density at radius 3 is 2.54 bits per heavy atom. The molecule has 11 nitrogen and oxygen atoms in total. The van der Waals surface area contributed by atoms with Crippen LogP contribution in [-0.2, 0) is 33.9 Å². The highest BCUT2D eigenvalue weighted by molar-refractivity contribution is 6.24. The van der Waals surface area contributed by atoms with Crippen molar-refractivity contribution in [2.45, 2.75) is 44.5 Å². The number of aromatic hydroxyl groups is 1. The molecular formula is C28H36N4O7. The molecule has 1 aromatic heterocycles. The quantitative estimate of drug-likeness (QED) is 0.209. The summed E-state index contributed by atoms with van der Waals surface area (Å²) in [5, 5.41) is 47.4. The number of H-pyrrole nitrogens is 1. The van der Waals surface area contributed by atoms with Crippen molar-refractivity contribution in [3.63, 3.8) is 0 Å². The SMILES string of the molecule is CC(C(N)=O)C(=O)[C@@]1(O)C(=O)C2=C(O)c3c(O)ccc(CNCc4ccc[nH]4)c3C[C@H]2C[C@H]1[C@@H](CO)N(C)C. The zero-order valence-electron chi connectivity index (χ0n) is 22.3. The fourth-order valence-corrected chi connectivity index (χ4v) is 6.01. The highest BCUT2D eigenvalue weighted by Crippen LogP contribution is 2.50. The second-order valence-electron chi connectivity index (χ2n) is 10.7. The number of nitrogens with two attached hydrogens (primary N) is 1. The maximum Gasteiger partial charge on any atom is 0.227 e. The summed E-state index contributed by atoms with van der Waals surface area (Å²) in [4.78, 5) is 44.0. The normalized spacial score (nSPS) is 24.3. The predicted octanol–water partition coefficient (Wildman–Crippen LogP) is 0.385. The topological polar surface area (TPSA) is 189 Å². The van der Waals surface area contributed by atoms with Crippen LogP contribution in [0.4, 0.5) is 0 Å². The van der Waals surface area contributed by atoms with Gasteiger partial charge in [-0.3, -0.25) is 14.4 Å². The number of Topliss-reactive ketones (excluding diaryl/α,β-unsaturated/α-hetero) is 2. The van der Waals surface area contributed by atoms with Crippen LogP contribution in [0.1, 0.15) is 35.7 Å². The van der Waals surface area contributed by atoms with Gasteiger partial charge in [-0.2, -0.15) is 0 Å². The van der Waals surface area contributed by atoms with Crippen molar-refractivity contribution < 1.29 is 34.8 Å². The van der Waals surface area contributed by atoms with Gasteiger partial charge >= 0.3 is 0 Å². The molecule has 0 bridgehead atoms. The number of hydrogen-bond donors (Lipinski definition) is 7. The van der Waals surface area contributed by atoms with E-state index in [9.17, 15) is 34.8 Å². The lowest BCUT2D eigenvalue weighted by molar-refractivity contribution is -0.166. The highest BCUT2D eigenvalue weighted by Gasteiger charge is 2.61. The number of nitrogens with one attached hydrogen (secondary N) is 2. The van der Waals surface area contributed by atoms with Crippen LogP contribution >= 0.6 is 0 Å². The molecular weight excluding hydrogens is 504 g/mol. The van der Waals surface area contributed by atoms with Gasteiger partial charge in [-0.25, -0.2) is 0 Å². The van der Waals surface area contributed by atoms with Crippen molar-refractivity contribution in [1.82, 2.24) is 15.2 Å². The molecule has 4 rings (SSSR count). The van der Waals surface area contributed by atoms with Gasteiger partial charge < -0.3 is 41.4 Å². The van der Waals surface area contributed by atoms with Crippen molar-refractivity contribution in [1.29, 1.82) is 0 Å². The lowest BCUT2D eigenvalue weighted by Gasteiger charge is -2.48. The molecule has 0 aliphatic heterocycles. The van der Waals surface area contributed by atoms with E-state index in [1.54, 1.807) is 25.1 Å². The largest absolute Gasteiger partial charge is 0.507 e. The first-order valence-electron chi connectivity index (χ1n) is 12.9. The number of rotatable bonds is 10. The van der Waals surface area contributed by atoms with Crippen LogP contribution in [0.25, 0.3) is 5.76 Å². The summed E-state index contributed by atoms with van der Waals surface area (Å²) in [5.74, 6) is -7.05. The third-order valence-electron chi connectivity index (χ3n) is 8.21. The number of aliphatic hydroxyl groups excluding tert-OH is 2. The molecule has 2 aliphatic carbocycles. The molecule has 1 amide bonds. The van der Waals surface area contributed by atoms with Crippen molar-refractivity contribution in [3.8, 4) is 5.75 Å². The number of carbonyl (C=O) groups excluding carboxylic acids is 3. The number of aromatic amines is 1. The van der Waals surface area contributed by atoms with Gasteiger partial charge in [0.25, 0.3) is 0 Å². The van der Waals surface area contributed by atoms with E-state index in [2.05, 4.69) is 10.3 Å². The molecule has 11 heteroatoms. The number of benzene rings is 1. The third kappa shape index (κ3) is 4.87. The van der Waals surface area contributed by atoms with Crippen molar-refractivity contribution >= 4 is 23.2 Å². The molecule has 2 aliphatic rings. The number of likely N-dealkylation sites (N-methyl/N-ethyl adjacent to an activating group) is 1. The smallest absolute Gasteiger partial charge is 0.227 e. The Balaban J connectivity index is 1.79. The van der Waals surface area contributed by atoms with E-state index in [1.165, 1.54) is 13.0 Å². The van der Waals surface area contributed by atoms with E-state index in [1.807, 2.05) is 18.3 Å². The summed E-state index contributed by atoms with van der Waals surface area (Å²) >= 11 is 0. The van der Waals surface area contributed by atoms with Crippen molar-refractivity contribution in [2.24, 2.45) is 23.5 Å². The maximum absolute atomic E-state index is 14.0. The molecule has 39 heavy (non-hydrogen) atoms. The van der Waals surface area contributed by atoms with E-state index < -0.39 is 59.2 Å². The van der Waals surface area contributed by atoms with Gasteiger partial charge in [-0.05, 0) is 69.1 Å². The number of amides is 1. The van der Waals surface area contributed by atoms with Crippen LogP contribution in [0.2, 0.25) is 0 Å². The van der Waals surface area contributed by atoms with Crippen LogP contribution in [-0.4, -0.2) is 80.1 Å². The number of primary amides is 1. The number of ketones is 2.